The highest BCUT2D eigenvalue weighted by atomic mass is 35.5. The minimum absolute atomic E-state index is 0.736. The molecule has 1 aromatic rings. The average Bonchev–Trinajstić information content (AvgIpc) is 2.36. The summed E-state index contributed by atoms with van der Waals surface area (Å²) in [6.07, 6.45) is 4.73. The van der Waals surface area contributed by atoms with Gasteiger partial charge in [0.15, 0.2) is 0 Å². The first-order valence-electron chi connectivity index (χ1n) is 6.83. The fourth-order valence-corrected chi connectivity index (χ4v) is 1.90. The number of hydrogen-bond acceptors (Lipinski definition) is 2. The third kappa shape index (κ3) is 6.27. The minimum Gasteiger partial charge on any atom is -0.493 e. The van der Waals surface area contributed by atoms with E-state index in [2.05, 4.69) is 12.2 Å². The van der Waals surface area contributed by atoms with E-state index in [1.807, 2.05) is 25.1 Å². The van der Waals surface area contributed by atoms with Crippen molar-refractivity contribution in [3.05, 3.63) is 28.8 Å². The molecule has 0 bridgehead atoms. The Labute approximate surface area is 116 Å². The van der Waals surface area contributed by atoms with Gasteiger partial charge in [0.2, 0.25) is 0 Å². The fourth-order valence-electron chi connectivity index (χ4n) is 1.74. The molecular formula is C15H24ClNO. The summed E-state index contributed by atoms with van der Waals surface area (Å²) in [5.74, 6) is 0.909. The lowest BCUT2D eigenvalue weighted by molar-refractivity contribution is 0.303. The summed E-state index contributed by atoms with van der Waals surface area (Å²) in [7, 11) is 0. The van der Waals surface area contributed by atoms with Gasteiger partial charge in [0.1, 0.15) is 5.75 Å². The summed E-state index contributed by atoms with van der Waals surface area (Å²) < 4.78 is 5.74. The minimum atomic E-state index is 0.736. The molecule has 3 heteroatoms. The van der Waals surface area contributed by atoms with Crippen LogP contribution in [0.5, 0.6) is 5.75 Å². The Morgan fingerprint density at radius 3 is 2.78 bits per heavy atom. The number of ether oxygens (including phenoxy) is 1. The number of benzene rings is 1. The van der Waals surface area contributed by atoms with Crippen molar-refractivity contribution in [1.82, 2.24) is 5.32 Å². The maximum atomic E-state index is 5.94. The van der Waals surface area contributed by atoms with E-state index in [-0.39, 0.29) is 0 Å². The van der Waals surface area contributed by atoms with Crippen molar-refractivity contribution in [3.63, 3.8) is 0 Å². The highest BCUT2D eigenvalue weighted by Crippen LogP contribution is 2.22. The Hall–Kier alpha value is -0.730. The van der Waals surface area contributed by atoms with Gasteiger partial charge in [-0.1, -0.05) is 24.6 Å². The lowest BCUT2D eigenvalue weighted by atomic mass is 10.2. The van der Waals surface area contributed by atoms with E-state index >= 15 is 0 Å². The molecule has 0 aliphatic rings. The second kappa shape index (κ2) is 9.23. The molecule has 1 rings (SSSR count). The van der Waals surface area contributed by atoms with E-state index in [1.54, 1.807) is 0 Å². The summed E-state index contributed by atoms with van der Waals surface area (Å²) in [4.78, 5) is 0. The van der Waals surface area contributed by atoms with Crippen LogP contribution in [-0.2, 0) is 0 Å². The van der Waals surface area contributed by atoms with Crippen molar-refractivity contribution in [2.24, 2.45) is 0 Å². The van der Waals surface area contributed by atoms with Gasteiger partial charge < -0.3 is 10.1 Å². The third-order valence-corrected chi connectivity index (χ3v) is 3.07. The van der Waals surface area contributed by atoms with Crippen molar-refractivity contribution < 1.29 is 4.74 Å². The fraction of sp³-hybridized carbons (Fsp3) is 0.600. The van der Waals surface area contributed by atoms with Crippen molar-refractivity contribution in [3.8, 4) is 5.75 Å². The monoisotopic (exact) mass is 269 g/mol. The number of halogens is 1. The molecule has 0 aromatic heterocycles. The van der Waals surface area contributed by atoms with Crippen LogP contribution in [0.15, 0.2) is 18.2 Å². The summed E-state index contributed by atoms with van der Waals surface area (Å²) in [5, 5.41) is 4.14. The zero-order valence-corrected chi connectivity index (χ0v) is 12.2. The van der Waals surface area contributed by atoms with Gasteiger partial charge >= 0.3 is 0 Å². The van der Waals surface area contributed by atoms with Crippen LogP contribution < -0.4 is 10.1 Å². The first kappa shape index (κ1) is 15.3. The Morgan fingerprint density at radius 2 is 2.00 bits per heavy atom. The van der Waals surface area contributed by atoms with Gasteiger partial charge in [-0.15, -0.1) is 0 Å². The van der Waals surface area contributed by atoms with Crippen LogP contribution in [0.2, 0.25) is 5.02 Å². The summed E-state index contributed by atoms with van der Waals surface area (Å²) in [6.45, 7) is 7.24. The topological polar surface area (TPSA) is 21.3 Å². The van der Waals surface area contributed by atoms with E-state index in [9.17, 15) is 0 Å². The number of unbranched alkanes of at least 4 members (excludes halogenated alkanes) is 2. The molecule has 0 spiro atoms. The molecule has 0 fully saturated rings. The average molecular weight is 270 g/mol. The predicted octanol–water partition coefficient (Wildman–Crippen LogP) is 4.20. The van der Waals surface area contributed by atoms with E-state index < -0.39 is 0 Å². The number of aryl methyl sites for hydroxylation is 1. The van der Waals surface area contributed by atoms with Crippen molar-refractivity contribution in [1.29, 1.82) is 0 Å². The van der Waals surface area contributed by atoms with Gasteiger partial charge in [-0.2, -0.15) is 0 Å². The highest BCUT2D eigenvalue weighted by Gasteiger charge is 2.00. The first-order valence-corrected chi connectivity index (χ1v) is 7.21. The van der Waals surface area contributed by atoms with Gasteiger partial charge in [-0.3, -0.25) is 0 Å². The van der Waals surface area contributed by atoms with Crippen molar-refractivity contribution >= 4 is 11.6 Å². The Bertz CT molecular complexity index is 341. The second-order valence-corrected chi connectivity index (χ2v) is 5.01. The molecule has 0 radical (unpaired) electrons. The molecule has 2 nitrogen and oxygen atoms in total. The molecule has 0 aliphatic heterocycles. The Morgan fingerprint density at radius 1 is 1.17 bits per heavy atom. The van der Waals surface area contributed by atoms with Crippen LogP contribution in [0, 0.1) is 6.92 Å². The van der Waals surface area contributed by atoms with Gasteiger partial charge in [0.25, 0.3) is 0 Å². The molecule has 0 saturated heterocycles. The lowest BCUT2D eigenvalue weighted by Crippen LogP contribution is -2.15. The van der Waals surface area contributed by atoms with Crippen LogP contribution in [-0.4, -0.2) is 19.7 Å². The molecule has 0 saturated carbocycles. The smallest absolute Gasteiger partial charge is 0.123 e. The molecule has 0 aliphatic carbocycles. The van der Waals surface area contributed by atoms with Gasteiger partial charge in [0.05, 0.1) is 6.61 Å². The highest BCUT2D eigenvalue weighted by molar-refractivity contribution is 6.30. The number of nitrogens with one attached hydrogen (secondary N) is 1. The quantitative estimate of drug-likeness (QED) is 0.679. The summed E-state index contributed by atoms with van der Waals surface area (Å²) >= 11 is 5.94. The first-order chi connectivity index (χ1) is 8.74. The predicted molar refractivity (Wildman–Crippen MR) is 78.7 cm³/mol. The normalized spacial score (nSPS) is 10.6. The number of hydrogen-bond donors (Lipinski definition) is 1. The molecule has 102 valence electrons. The molecule has 1 N–H and O–H groups in total. The maximum Gasteiger partial charge on any atom is 0.123 e. The number of rotatable bonds is 9. The van der Waals surface area contributed by atoms with Crippen LogP contribution in [0.3, 0.4) is 0 Å². The SMILES string of the molecule is CCCNCCCCCOc1cc(Cl)ccc1C. The molecule has 18 heavy (non-hydrogen) atoms. The van der Waals surface area contributed by atoms with Gasteiger partial charge in [-0.05, 0) is 63.4 Å². The van der Waals surface area contributed by atoms with Crippen LogP contribution in [0.25, 0.3) is 0 Å². The largest absolute Gasteiger partial charge is 0.493 e. The van der Waals surface area contributed by atoms with Gasteiger partial charge in [-0.25, -0.2) is 0 Å². The zero-order chi connectivity index (χ0) is 13.2. The zero-order valence-electron chi connectivity index (χ0n) is 11.5. The van der Waals surface area contributed by atoms with Crippen molar-refractivity contribution in [2.75, 3.05) is 19.7 Å². The molecule has 0 amide bonds. The second-order valence-electron chi connectivity index (χ2n) is 4.57. The van der Waals surface area contributed by atoms with Gasteiger partial charge in [0, 0.05) is 5.02 Å². The van der Waals surface area contributed by atoms with Crippen LogP contribution >= 0.6 is 11.6 Å². The van der Waals surface area contributed by atoms with Crippen LogP contribution in [0.1, 0.15) is 38.2 Å². The van der Waals surface area contributed by atoms with E-state index in [1.165, 1.54) is 19.3 Å². The van der Waals surface area contributed by atoms with E-state index in [4.69, 9.17) is 16.3 Å². The molecule has 1 aromatic carbocycles. The standard InChI is InChI=1S/C15H24ClNO/c1-3-9-17-10-5-4-6-11-18-15-12-14(16)8-7-13(15)2/h7-8,12,17H,3-6,9-11H2,1-2H3. The molecule has 0 unspecified atom stereocenters. The molecule has 0 atom stereocenters. The van der Waals surface area contributed by atoms with E-state index in [0.29, 0.717) is 0 Å². The molecular weight excluding hydrogens is 246 g/mol. The van der Waals surface area contributed by atoms with Crippen LogP contribution in [0.4, 0.5) is 0 Å². The summed E-state index contributed by atoms with van der Waals surface area (Å²) in [6, 6.07) is 5.77. The maximum absolute atomic E-state index is 5.94. The Balaban J connectivity index is 2.09. The molecule has 0 heterocycles. The van der Waals surface area contributed by atoms with E-state index in [0.717, 1.165) is 42.5 Å². The van der Waals surface area contributed by atoms with Crippen molar-refractivity contribution in [2.45, 2.75) is 39.5 Å². The summed E-state index contributed by atoms with van der Waals surface area (Å²) in [5.41, 5.74) is 1.14. The Kier molecular flexibility index (Phi) is 7.86. The lowest BCUT2D eigenvalue weighted by Gasteiger charge is -2.09. The third-order valence-electron chi connectivity index (χ3n) is 2.83.